The Balaban J connectivity index is 1.49. The maximum Gasteiger partial charge on any atom is 0.433 e. The van der Waals surface area contributed by atoms with Gasteiger partial charge in [0.15, 0.2) is 11.5 Å². The molecule has 0 spiro atoms. The van der Waals surface area contributed by atoms with E-state index in [-0.39, 0.29) is 54.3 Å². The lowest BCUT2D eigenvalue weighted by Crippen LogP contribution is -2.42. The van der Waals surface area contributed by atoms with Gasteiger partial charge in [-0.3, -0.25) is 24.0 Å². The summed E-state index contributed by atoms with van der Waals surface area (Å²) in [5.41, 5.74) is -3.12. The number of benzene rings is 1. The standard InChI is InChI=1S/C29H27Cl2F3N4O5/c1-28(27(41)42)9-7-16(8-10-28)38-25(29(32,33)34)19(12-36-38)26(40)37-15-18(43-17-5-3-2-4-6-17)11-22(37)24(39)23-20(30)13-35-14-21(23)31/h2-6,12-14,16,18,22H,7-11,15H2,1H3,(H,41,42)/t16-,18-,22+,28-/m1/s1. The summed E-state index contributed by atoms with van der Waals surface area (Å²) >= 11 is 12.5. The number of aliphatic carboxylic acids is 1. The molecular weight excluding hydrogens is 612 g/mol. The van der Waals surface area contributed by atoms with Gasteiger partial charge >= 0.3 is 12.1 Å². The topological polar surface area (TPSA) is 115 Å². The Morgan fingerprint density at radius 2 is 1.67 bits per heavy atom. The van der Waals surface area contributed by atoms with Crippen LogP contribution >= 0.6 is 23.2 Å². The van der Waals surface area contributed by atoms with Crippen molar-refractivity contribution >= 4 is 40.9 Å². The number of alkyl halides is 3. The monoisotopic (exact) mass is 638 g/mol. The maximum atomic E-state index is 14.6. The van der Waals surface area contributed by atoms with Gasteiger partial charge in [-0.25, -0.2) is 0 Å². The molecule has 1 aromatic carbocycles. The Morgan fingerprint density at radius 3 is 2.26 bits per heavy atom. The molecule has 1 aliphatic heterocycles. The van der Waals surface area contributed by atoms with E-state index in [4.69, 9.17) is 27.9 Å². The minimum atomic E-state index is -4.97. The molecular formula is C29H27Cl2F3N4O5. The van der Waals surface area contributed by atoms with E-state index in [2.05, 4.69) is 10.1 Å². The molecule has 1 N–H and O–H groups in total. The van der Waals surface area contributed by atoms with Gasteiger partial charge in [-0.15, -0.1) is 0 Å². The van der Waals surface area contributed by atoms with Crippen molar-refractivity contribution in [2.45, 2.75) is 63.4 Å². The fourth-order valence-electron chi connectivity index (χ4n) is 5.79. The van der Waals surface area contributed by atoms with E-state index in [1.807, 2.05) is 0 Å². The number of Topliss-reactive ketones (excluding diaryl/α,β-unsaturated/α-hetero) is 1. The van der Waals surface area contributed by atoms with Crippen LogP contribution in [0.2, 0.25) is 10.0 Å². The SMILES string of the molecule is C[C@]1(C(=O)O)CC[C@H](n2ncc(C(=O)N3C[C@H](Oc4ccccc4)C[C@H]3C(=O)c3c(Cl)cncc3Cl)c2C(F)(F)F)CC1. The predicted octanol–water partition coefficient (Wildman–Crippen LogP) is 6.35. The molecule has 5 rings (SSSR count). The number of nitrogens with zero attached hydrogens (tertiary/aromatic N) is 4. The molecule has 3 heterocycles. The van der Waals surface area contributed by atoms with Crippen LogP contribution in [0, 0.1) is 5.41 Å². The number of carbonyl (C=O) groups is 3. The summed E-state index contributed by atoms with van der Waals surface area (Å²) in [5, 5.41) is 13.4. The maximum absolute atomic E-state index is 14.6. The van der Waals surface area contributed by atoms with Gasteiger partial charge in [-0.05, 0) is 44.7 Å². The summed E-state index contributed by atoms with van der Waals surface area (Å²) in [7, 11) is 0. The minimum absolute atomic E-state index is 0.0274. The van der Waals surface area contributed by atoms with Crippen molar-refractivity contribution < 1.29 is 37.4 Å². The van der Waals surface area contributed by atoms with Crippen LogP contribution in [-0.2, 0) is 11.0 Å². The molecule has 228 valence electrons. The number of rotatable bonds is 7. The summed E-state index contributed by atoms with van der Waals surface area (Å²) in [4.78, 5) is 44.2. The fourth-order valence-corrected chi connectivity index (χ4v) is 6.34. The number of hydrogen-bond donors (Lipinski definition) is 1. The predicted molar refractivity (Wildman–Crippen MR) is 149 cm³/mol. The third-order valence-corrected chi connectivity index (χ3v) is 8.76. The quantitative estimate of drug-likeness (QED) is 0.300. The van der Waals surface area contributed by atoms with Crippen LogP contribution in [0.3, 0.4) is 0 Å². The number of halogens is 5. The first kappa shape index (κ1) is 30.8. The van der Waals surface area contributed by atoms with Gasteiger partial charge in [0.2, 0.25) is 0 Å². The van der Waals surface area contributed by atoms with Crippen molar-refractivity contribution in [1.82, 2.24) is 19.7 Å². The summed E-state index contributed by atoms with van der Waals surface area (Å²) in [5.74, 6) is -2.26. The van der Waals surface area contributed by atoms with Gasteiger partial charge in [0.05, 0.1) is 51.4 Å². The lowest BCUT2D eigenvalue weighted by atomic mass is 9.74. The number of carbonyl (C=O) groups excluding carboxylic acids is 2. The van der Waals surface area contributed by atoms with Crippen molar-refractivity contribution in [3.63, 3.8) is 0 Å². The number of aromatic nitrogens is 3. The lowest BCUT2D eigenvalue weighted by Gasteiger charge is -2.34. The highest BCUT2D eigenvalue weighted by atomic mass is 35.5. The molecule has 2 fully saturated rings. The average molecular weight is 639 g/mol. The van der Waals surface area contributed by atoms with E-state index in [0.717, 1.165) is 15.8 Å². The molecule has 1 amide bonds. The number of pyridine rings is 1. The van der Waals surface area contributed by atoms with Gasteiger partial charge in [-0.2, -0.15) is 18.3 Å². The van der Waals surface area contributed by atoms with Crippen LogP contribution < -0.4 is 4.74 Å². The Labute approximate surface area is 254 Å². The van der Waals surface area contributed by atoms with Crippen molar-refractivity contribution in [2.24, 2.45) is 5.41 Å². The van der Waals surface area contributed by atoms with Gasteiger partial charge in [0, 0.05) is 18.8 Å². The zero-order chi connectivity index (χ0) is 31.1. The molecule has 1 saturated carbocycles. The highest BCUT2D eigenvalue weighted by molar-refractivity contribution is 6.40. The second-order valence-corrected chi connectivity index (χ2v) is 11.9. The number of ketones is 1. The Morgan fingerprint density at radius 1 is 1.05 bits per heavy atom. The molecule has 0 radical (unpaired) electrons. The number of likely N-dealkylation sites (tertiary alicyclic amines) is 1. The number of carboxylic acid groups (broad SMARTS) is 1. The number of hydrogen-bond acceptors (Lipinski definition) is 6. The minimum Gasteiger partial charge on any atom is -0.488 e. The van der Waals surface area contributed by atoms with Gasteiger partial charge in [-0.1, -0.05) is 41.4 Å². The first-order valence-electron chi connectivity index (χ1n) is 13.5. The van der Waals surface area contributed by atoms with E-state index >= 15 is 0 Å². The normalized spacial score (nSPS) is 24.1. The Kier molecular flexibility index (Phi) is 8.45. The Bertz CT molecular complexity index is 1520. The lowest BCUT2D eigenvalue weighted by molar-refractivity contribution is -0.152. The zero-order valence-corrected chi connectivity index (χ0v) is 24.4. The van der Waals surface area contributed by atoms with E-state index in [1.54, 1.807) is 37.3 Å². The number of para-hydroxylation sites is 1. The molecule has 1 saturated heterocycles. The third-order valence-electron chi connectivity index (χ3n) is 8.19. The third kappa shape index (κ3) is 6.08. The highest BCUT2D eigenvalue weighted by Gasteiger charge is 2.48. The molecule has 0 unspecified atom stereocenters. The van der Waals surface area contributed by atoms with Crippen LogP contribution in [-0.4, -0.2) is 61.1 Å². The summed E-state index contributed by atoms with van der Waals surface area (Å²) < 4.78 is 50.4. The summed E-state index contributed by atoms with van der Waals surface area (Å²) in [6.45, 7) is 1.38. The van der Waals surface area contributed by atoms with Crippen LogP contribution in [0.25, 0.3) is 0 Å². The van der Waals surface area contributed by atoms with E-state index in [1.165, 1.54) is 12.4 Å². The zero-order valence-electron chi connectivity index (χ0n) is 22.9. The van der Waals surface area contributed by atoms with Crippen molar-refractivity contribution in [1.29, 1.82) is 0 Å². The molecule has 0 bridgehead atoms. The fraction of sp³-hybridized carbons (Fsp3) is 0.414. The smallest absolute Gasteiger partial charge is 0.433 e. The second-order valence-electron chi connectivity index (χ2n) is 11.1. The van der Waals surface area contributed by atoms with E-state index in [9.17, 15) is 32.7 Å². The molecule has 2 aliphatic rings. The van der Waals surface area contributed by atoms with Crippen molar-refractivity contribution in [3.05, 3.63) is 75.8 Å². The first-order chi connectivity index (χ1) is 20.3. The van der Waals surface area contributed by atoms with Crippen molar-refractivity contribution in [2.75, 3.05) is 6.54 Å². The van der Waals surface area contributed by atoms with Crippen LogP contribution in [0.15, 0.2) is 48.9 Å². The second kappa shape index (κ2) is 11.8. The number of amides is 1. The van der Waals surface area contributed by atoms with Crippen LogP contribution in [0.5, 0.6) is 5.75 Å². The largest absolute Gasteiger partial charge is 0.488 e. The molecule has 43 heavy (non-hydrogen) atoms. The van der Waals surface area contributed by atoms with Crippen LogP contribution in [0.4, 0.5) is 13.2 Å². The molecule has 2 aromatic heterocycles. The number of carboxylic acids is 1. The molecule has 2 atom stereocenters. The summed E-state index contributed by atoms with van der Waals surface area (Å²) in [6.07, 6.45) is -1.85. The van der Waals surface area contributed by atoms with Gasteiger partial charge < -0.3 is 14.7 Å². The molecule has 14 heteroatoms. The molecule has 1 aliphatic carbocycles. The summed E-state index contributed by atoms with van der Waals surface area (Å²) in [6, 6.07) is 6.62. The average Bonchev–Trinajstić information content (AvgIpc) is 3.59. The van der Waals surface area contributed by atoms with Gasteiger partial charge in [0.1, 0.15) is 11.9 Å². The highest BCUT2D eigenvalue weighted by Crippen LogP contribution is 2.44. The molecule has 9 nitrogen and oxygen atoms in total. The van der Waals surface area contributed by atoms with Gasteiger partial charge in [0.25, 0.3) is 5.91 Å². The Hall–Kier alpha value is -3.64. The van der Waals surface area contributed by atoms with Crippen LogP contribution in [0.1, 0.15) is 71.5 Å². The first-order valence-corrected chi connectivity index (χ1v) is 14.3. The van der Waals surface area contributed by atoms with Crippen molar-refractivity contribution in [3.8, 4) is 5.75 Å². The van der Waals surface area contributed by atoms with E-state index < -0.39 is 58.7 Å². The number of ether oxygens (including phenoxy) is 1. The van der Waals surface area contributed by atoms with E-state index in [0.29, 0.717) is 5.75 Å². The molecule has 3 aromatic rings.